The highest BCUT2D eigenvalue weighted by molar-refractivity contribution is 6.02. The zero-order chi connectivity index (χ0) is 18.5. The predicted molar refractivity (Wildman–Crippen MR) is 114 cm³/mol. The number of hydrogen-bond acceptors (Lipinski definition) is 2. The van der Waals surface area contributed by atoms with E-state index in [2.05, 4.69) is 58.7 Å². The third kappa shape index (κ3) is 4.47. The van der Waals surface area contributed by atoms with Crippen molar-refractivity contribution in [3.05, 3.63) is 78.4 Å². The van der Waals surface area contributed by atoms with Crippen molar-refractivity contribution in [3.63, 3.8) is 0 Å². The molecule has 4 heteroatoms. The number of fused-ring (bicyclic) bond motifs is 1. The first-order valence-electron chi connectivity index (χ1n) is 9.62. The van der Waals surface area contributed by atoms with Crippen molar-refractivity contribution in [1.29, 1.82) is 0 Å². The Bertz CT molecular complexity index is 907. The summed E-state index contributed by atoms with van der Waals surface area (Å²) in [5, 5.41) is 5.66. The first-order chi connectivity index (χ1) is 13.3. The number of rotatable bonds is 4. The molecule has 0 bridgehead atoms. The monoisotopic (exact) mass is 358 g/mol. The smallest absolute Gasteiger partial charge is 0.193 e. The van der Waals surface area contributed by atoms with Gasteiger partial charge < -0.3 is 11.1 Å². The number of nitrogens with two attached hydrogens (primary N) is 1. The summed E-state index contributed by atoms with van der Waals surface area (Å²) < 4.78 is 0. The fourth-order valence-corrected chi connectivity index (χ4v) is 3.75. The lowest BCUT2D eigenvalue weighted by molar-refractivity contribution is 0.206. The molecular formula is C23H26N4. The maximum absolute atomic E-state index is 6.21. The molecule has 3 aromatic rings. The SMILES string of the molecule is NC(=NC1CCN(Cc2ccccc2)CC1)Nc1cccc2ccccc12. The van der Waals surface area contributed by atoms with Gasteiger partial charge in [-0.2, -0.15) is 0 Å². The Balaban J connectivity index is 1.35. The van der Waals surface area contributed by atoms with Crippen molar-refractivity contribution in [2.75, 3.05) is 18.4 Å². The fourth-order valence-electron chi connectivity index (χ4n) is 3.75. The number of aliphatic imine (C=N–C) groups is 1. The van der Waals surface area contributed by atoms with Crippen LogP contribution in [0.3, 0.4) is 0 Å². The van der Waals surface area contributed by atoms with Gasteiger partial charge in [0.15, 0.2) is 5.96 Å². The molecule has 0 aromatic heterocycles. The minimum atomic E-state index is 0.291. The standard InChI is InChI=1S/C23H26N4/c24-23(26-22-12-6-10-19-9-4-5-11-21(19)22)25-20-13-15-27(16-14-20)17-18-7-2-1-3-8-18/h1-12,20H,13-17H2,(H3,24,25,26). The third-order valence-corrected chi connectivity index (χ3v) is 5.18. The van der Waals surface area contributed by atoms with E-state index >= 15 is 0 Å². The molecule has 27 heavy (non-hydrogen) atoms. The molecule has 1 aliphatic heterocycles. The molecule has 0 unspecified atom stereocenters. The maximum Gasteiger partial charge on any atom is 0.193 e. The van der Waals surface area contributed by atoms with Gasteiger partial charge in [-0.3, -0.25) is 4.90 Å². The Morgan fingerprint density at radius 1 is 0.926 bits per heavy atom. The molecule has 1 saturated heterocycles. The van der Waals surface area contributed by atoms with E-state index in [4.69, 9.17) is 10.7 Å². The Morgan fingerprint density at radius 3 is 2.44 bits per heavy atom. The summed E-state index contributed by atoms with van der Waals surface area (Å²) in [5.41, 5.74) is 8.59. The van der Waals surface area contributed by atoms with Crippen LogP contribution in [0.2, 0.25) is 0 Å². The summed E-state index contributed by atoms with van der Waals surface area (Å²) in [4.78, 5) is 7.23. The summed E-state index contributed by atoms with van der Waals surface area (Å²) in [6, 6.07) is 25.4. The van der Waals surface area contributed by atoms with Crippen LogP contribution in [0.4, 0.5) is 5.69 Å². The van der Waals surface area contributed by atoms with E-state index in [9.17, 15) is 0 Å². The summed E-state index contributed by atoms with van der Waals surface area (Å²) >= 11 is 0. The van der Waals surface area contributed by atoms with Gasteiger partial charge in [-0.15, -0.1) is 0 Å². The van der Waals surface area contributed by atoms with Crippen LogP contribution in [-0.2, 0) is 6.54 Å². The molecule has 0 aliphatic carbocycles. The quantitative estimate of drug-likeness (QED) is 0.542. The molecule has 138 valence electrons. The van der Waals surface area contributed by atoms with E-state index in [0.29, 0.717) is 12.0 Å². The molecule has 4 nitrogen and oxygen atoms in total. The van der Waals surface area contributed by atoms with Gasteiger partial charge in [0, 0.05) is 30.7 Å². The normalized spacial score (nSPS) is 16.5. The van der Waals surface area contributed by atoms with Crippen molar-refractivity contribution in [2.45, 2.75) is 25.4 Å². The molecule has 1 heterocycles. The number of nitrogens with one attached hydrogen (secondary N) is 1. The highest BCUT2D eigenvalue weighted by Crippen LogP contribution is 2.23. The van der Waals surface area contributed by atoms with Gasteiger partial charge in [-0.1, -0.05) is 66.7 Å². The van der Waals surface area contributed by atoms with E-state index in [1.54, 1.807) is 0 Å². The second-order valence-electron chi connectivity index (χ2n) is 7.16. The zero-order valence-electron chi connectivity index (χ0n) is 15.5. The largest absolute Gasteiger partial charge is 0.370 e. The number of benzene rings is 3. The molecule has 1 fully saturated rings. The second kappa shape index (κ2) is 8.23. The molecule has 0 amide bonds. The minimum Gasteiger partial charge on any atom is -0.370 e. The predicted octanol–water partition coefficient (Wildman–Crippen LogP) is 4.23. The molecule has 0 atom stereocenters. The average molecular weight is 358 g/mol. The van der Waals surface area contributed by atoms with Gasteiger partial charge in [0.2, 0.25) is 0 Å². The lowest BCUT2D eigenvalue weighted by Gasteiger charge is -2.30. The molecule has 3 aromatic carbocycles. The topological polar surface area (TPSA) is 53.6 Å². The van der Waals surface area contributed by atoms with Crippen LogP contribution in [0.25, 0.3) is 10.8 Å². The zero-order valence-corrected chi connectivity index (χ0v) is 15.5. The maximum atomic E-state index is 6.21. The lowest BCUT2D eigenvalue weighted by atomic mass is 10.0. The summed E-state index contributed by atoms with van der Waals surface area (Å²) in [6.45, 7) is 3.14. The van der Waals surface area contributed by atoms with Crippen molar-refractivity contribution in [2.24, 2.45) is 10.7 Å². The van der Waals surface area contributed by atoms with E-state index in [1.807, 2.05) is 24.3 Å². The highest BCUT2D eigenvalue weighted by Gasteiger charge is 2.19. The number of anilines is 1. The molecule has 1 aliphatic rings. The lowest BCUT2D eigenvalue weighted by Crippen LogP contribution is -2.36. The molecular weight excluding hydrogens is 332 g/mol. The van der Waals surface area contributed by atoms with E-state index < -0.39 is 0 Å². The summed E-state index contributed by atoms with van der Waals surface area (Å²) in [7, 11) is 0. The van der Waals surface area contributed by atoms with Crippen LogP contribution in [0.1, 0.15) is 18.4 Å². The molecule has 0 saturated carbocycles. The summed E-state index contributed by atoms with van der Waals surface area (Å²) in [5.74, 6) is 0.507. The van der Waals surface area contributed by atoms with Gasteiger partial charge >= 0.3 is 0 Å². The highest BCUT2D eigenvalue weighted by atomic mass is 15.2. The first-order valence-corrected chi connectivity index (χ1v) is 9.62. The van der Waals surface area contributed by atoms with Crippen LogP contribution < -0.4 is 11.1 Å². The van der Waals surface area contributed by atoms with Crippen molar-refractivity contribution < 1.29 is 0 Å². The van der Waals surface area contributed by atoms with Crippen LogP contribution in [0, 0.1) is 0 Å². The number of hydrogen-bond donors (Lipinski definition) is 2. The van der Waals surface area contributed by atoms with Crippen LogP contribution in [0.5, 0.6) is 0 Å². The Morgan fingerprint density at radius 2 is 1.63 bits per heavy atom. The van der Waals surface area contributed by atoms with E-state index in [-0.39, 0.29) is 0 Å². The van der Waals surface area contributed by atoms with Crippen LogP contribution in [-0.4, -0.2) is 30.0 Å². The van der Waals surface area contributed by atoms with Gasteiger partial charge in [-0.05, 0) is 29.9 Å². The van der Waals surface area contributed by atoms with Crippen LogP contribution >= 0.6 is 0 Å². The average Bonchev–Trinajstić information content (AvgIpc) is 2.71. The number of piperidine rings is 1. The molecule has 4 rings (SSSR count). The van der Waals surface area contributed by atoms with Crippen molar-refractivity contribution in [3.8, 4) is 0 Å². The molecule has 3 N–H and O–H groups in total. The Labute approximate surface area is 160 Å². The number of likely N-dealkylation sites (tertiary alicyclic amines) is 1. The van der Waals surface area contributed by atoms with Crippen LogP contribution in [0.15, 0.2) is 77.8 Å². The Kier molecular flexibility index (Phi) is 5.35. The summed E-state index contributed by atoms with van der Waals surface area (Å²) in [6.07, 6.45) is 2.09. The Hall–Kier alpha value is -2.85. The number of guanidine groups is 1. The number of nitrogens with zero attached hydrogens (tertiary/aromatic N) is 2. The van der Waals surface area contributed by atoms with Crippen molar-refractivity contribution in [1.82, 2.24) is 4.90 Å². The van der Waals surface area contributed by atoms with Gasteiger partial charge in [-0.25, -0.2) is 4.99 Å². The molecule has 0 spiro atoms. The fraction of sp³-hybridized carbons (Fsp3) is 0.261. The third-order valence-electron chi connectivity index (χ3n) is 5.18. The van der Waals surface area contributed by atoms with E-state index in [1.165, 1.54) is 10.9 Å². The first kappa shape index (κ1) is 17.6. The van der Waals surface area contributed by atoms with Gasteiger partial charge in [0.25, 0.3) is 0 Å². The van der Waals surface area contributed by atoms with E-state index in [0.717, 1.165) is 43.5 Å². The van der Waals surface area contributed by atoms with Gasteiger partial charge in [0.05, 0.1) is 6.04 Å². The second-order valence-corrected chi connectivity index (χ2v) is 7.16. The minimum absolute atomic E-state index is 0.291. The van der Waals surface area contributed by atoms with Crippen molar-refractivity contribution >= 4 is 22.4 Å². The van der Waals surface area contributed by atoms with Gasteiger partial charge in [0.1, 0.15) is 0 Å². The molecule has 0 radical (unpaired) electrons.